The van der Waals surface area contributed by atoms with E-state index in [2.05, 4.69) is 15.9 Å². The first-order valence-electron chi connectivity index (χ1n) is 8.69. The van der Waals surface area contributed by atoms with Gasteiger partial charge in [-0.05, 0) is 59.9 Å². The molecule has 138 valence electrons. The Hall–Kier alpha value is -1.34. The molecule has 1 amide bonds. The number of primary amides is 1. The number of hydrogen-bond donors (Lipinski definition) is 1. The molecule has 2 atom stereocenters. The van der Waals surface area contributed by atoms with E-state index in [9.17, 15) is 9.59 Å². The van der Waals surface area contributed by atoms with Crippen molar-refractivity contribution in [1.29, 1.82) is 0 Å². The van der Waals surface area contributed by atoms with Gasteiger partial charge >= 0.3 is 0 Å². The van der Waals surface area contributed by atoms with Gasteiger partial charge in [0.05, 0.1) is 22.6 Å². The Bertz CT molecular complexity index is 712. The van der Waals surface area contributed by atoms with Gasteiger partial charge in [0.15, 0.2) is 0 Å². The number of carbonyl (C=O) groups excluding carboxylic acids is 1. The number of rotatable bonds is 6. The van der Waals surface area contributed by atoms with E-state index in [-0.39, 0.29) is 17.6 Å². The van der Waals surface area contributed by atoms with Crippen molar-refractivity contribution >= 4 is 21.8 Å². The molecular weight excluding hydrogens is 388 g/mol. The molecule has 2 unspecified atom stereocenters. The van der Waals surface area contributed by atoms with Crippen LogP contribution in [-0.4, -0.2) is 30.3 Å². The summed E-state index contributed by atoms with van der Waals surface area (Å²) in [7, 11) is 3.33. The van der Waals surface area contributed by atoms with Gasteiger partial charge in [-0.3, -0.25) is 9.59 Å². The maximum Gasteiger partial charge on any atom is 0.254 e. The number of ether oxygens (including phenoxy) is 2. The molecule has 6 nitrogen and oxygen atoms in total. The Morgan fingerprint density at radius 3 is 2.68 bits per heavy atom. The molecule has 0 saturated heterocycles. The molecule has 2 fully saturated rings. The molecule has 0 aromatic carbocycles. The van der Waals surface area contributed by atoms with Crippen molar-refractivity contribution in [3.8, 4) is 5.75 Å². The van der Waals surface area contributed by atoms with Crippen LogP contribution < -0.4 is 16.0 Å². The summed E-state index contributed by atoms with van der Waals surface area (Å²) in [5, 5.41) is 0. The number of carbonyl (C=O) groups is 1. The summed E-state index contributed by atoms with van der Waals surface area (Å²) in [4.78, 5) is 23.6. The molecule has 0 aliphatic heterocycles. The molecule has 2 aliphatic carbocycles. The van der Waals surface area contributed by atoms with E-state index in [0.717, 1.165) is 36.6 Å². The Morgan fingerprint density at radius 1 is 1.40 bits per heavy atom. The van der Waals surface area contributed by atoms with Crippen LogP contribution in [0, 0.1) is 17.3 Å². The minimum absolute atomic E-state index is 0.0873. The Labute approximate surface area is 155 Å². The summed E-state index contributed by atoms with van der Waals surface area (Å²) in [6.45, 7) is 0.420. The number of aromatic nitrogens is 1. The molecule has 25 heavy (non-hydrogen) atoms. The first-order valence-corrected chi connectivity index (χ1v) is 9.48. The van der Waals surface area contributed by atoms with E-state index in [4.69, 9.17) is 15.2 Å². The van der Waals surface area contributed by atoms with Crippen molar-refractivity contribution in [3.63, 3.8) is 0 Å². The standard InChI is InChI=1S/C18H25BrN2O4/c1-21-9-14(19)15(7-16(21)22)25-12-5-3-11(4-6-12)13-8-18(13,10-24-2)17(20)23/h7,9,11-13H,3-6,8,10H2,1-2H3,(H2,20,23)/t11-,12-,13?,18?. The predicted octanol–water partition coefficient (Wildman–Crippen LogP) is 2.22. The van der Waals surface area contributed by atoms with E-state index in [1.807, 2.05) is 0 Å². The highest BCUT2D eigenvalue weighted by atomic mass is 79.9. The van der Waals surface area contributed by atoms with E-state index in [1.165, 1.54) is 10.6 Å². The lowest BCUT2D eigenvalue weighted by atomic mass is 9.81. The van der Waals surface area contributed by atoms with Gasteiger partial charge in [0.2, 0.25) is 5.91 Å². The summed E-state index contributed by atoms with van der Waals surface area (Å²) in [5.41, 5.74) is 5.06. The molecule has 0 spiro atoms. The number of amides is 1. The number of halogens is 1. The first kappa shape index (κ1) is 18.5. The number of hydrogen-bond acceptors (Lipinski definition) is 4. The summed E-state index contributed by atoms with van der Waals surface area (Å²) in [6, 6.07) is 1.52. The summed E-state index contributed by atoms with van der Waals surface area (Å²) >= 11 is 3.45. The number of aryl methyl sites for hydroxylation is 1. The fourth-order valence-corrected chi connectivity index (χ4v) is 4.70. The number of nitrogens with two attached hydrogens (primary N) is 1. The molecule has 3 rings (SSSR count). The second-order valence-electron chi connectivity index (χ2n) is 7.35. The Kier molecular flexibility index (Phi) is 5.25. The lowest BCUT2D eigenvalue weighted by Gasteiger charge is -2.30. The van der Waals surface area contributed by atoms with E-state index in [1.54, 1.807) is 20.4 Å². The van der Waals surface area contributed by atoms with Crippen LogP contribution in [0.5, 0.6) is 5.75 Å². The lowest BCUT2D eigenvalue weighted by Crippen LogP contribution is -2.33. The monoisotopic (exact) mass is 412 g/mol. The molecule has 1 heterocycles. The van der Waals surface area contributed by atoms with E-state index < -0.39 is 5.41 Å². The molecule has 0 bridgehead atoms. The van der Waals surface area contributed by atoms with Crippen molar-refractivity contribution in [2.75, 3.05) is 13.7 Å². The maximum atomic E-state index is 11.8. The number of methoxy groups -OCH3 is 1. The molecule has 2 aliphatic rings. The average Bonchev–Trinajstić information content (AvgIpc) is 3.29. The van der Waals surface area contributed by atoms with Crippen LogP contribution in [0.3, 0.4) is 0 Å². The van der Waals surface area contributed by atoms with Crippen LogP contribution in [0.25, 0.3) is 0 Å². The van der Waals surface area contributed by atoms with Crippen LogP contribution in [-0.2, 0) is 16.6 Å². The van der Waals surface area contributed by atoms with Gasteiger partial charge in [0.25, 0.3) is 5.56 Å². The van der Waals surface area contributed by atoms with Crippen LogP contribution in [0.4, 0.5) is 0 Å². The minimum Gasteiger partial charge on any atom is -0.489 e. The molecule has 1 aromatic rings. The van der Waals surface area contributed by atoms with Crippen molar-refractivity contribution in [2.45, 2.75) is 38.2 Å². The second kappa shape index (κ2) is 7.11. The second-order valence-corrected chi connectivity index (χ2v) is 8.21. The summed E-state index contributed by atoms with van der Waals surface area (Å²) in [6.07, 6.45) is 6.53. The highest BCUT2D eigenvalue weighted by molar-refractivity contribution is 9.10. The normalized spacial score (nSPS) is 31.6. The topological polar surface area (TPSA) is 83.6 Å². The average molecular weight is 413 g/mol. The third-order valence-corrected chi connectivity index (χ3v) is 6.35. The molecule has 0 radical (unpaired) electrons. The van der Waals surface area contributed by atoms with Crippen molar-refractivity contribution in [3.05, 3.63) is 27.1 Å². The van der Waals surface area contributed by atoms with Crippen molar-refractivity contribution in [1.82, 2.24) is 4.57 Å². The largest absolute Gasteiger partial charge is 0.489 e. The molecule has 7 heteroatoms. The van der Waals surface area contributed by atoms with Gasteiger partial charge in [-0.25, -0.2) is 0 Å². The molecule has 1 aromatic heterocycles. The smallest absolute Gasteiger partial charge is 0.254 e. The van der Waals surface area contributed by atoms with Gasteiger partial charge in [0.1, 0.15) is 5.75 Å². The number of pyridine rings is 1. The minimum atomic E-state index is -0.457. The van der Waals surface area contributed by atoms with Gasteiger partial charge in [-0.1, -0.05) is 0 Å². The zero-order chi connectivity index (χ0) is 18.2. The summed E-state index contributed by atoms with van der Waals surface area (Å²) in [5.74, 6) is 1.20. The molecule has 2 saturated carbocycles. The van der Waals surface area contributed by atoms with Crippen molar-refractivity contribution in [2.24, 2.45) is 30.0 Å². The molecule has 2 N–H and O–H groups in total. The third-order valence-electron chi connectivity index (χ3n) is 5.75. The van der Waals surface area contributed by atoms with Crippen LogP contribution in [0.1, 0.15) is 32.1 Å². The zero-order valence-corrected chi connectivity index (χ0v) is 16.3. The highest BCUT2D eigenvalue weighted by Crippen LogP contribution is 2.59. The SMILES string of the molecule is COCC1(C(N)=O)CC1[C@H]1CC[C@H](Oc2cc(=O)n(C)cc2Br)CC1. The Balaban J connectivity index is 1.57. The van der Waals surface area contributed by atoms with Crippen LogP contribution in [0.2, 0.25) is 0 Å². The van der Waals surface area contributed by atoms with E-state index in [0.29, 0.717) is 24.2 Å². The van der Waals surface area contributed by atoms with Gasteiger partial charge in [0, 0.05) is 26.4 Å². The van der Waals surface area contributed by atoms with Crippen molar-refractivity contribution < 1.29 is 14.3 Å². The predicted molar refractivity (Wildman–Crippen MR) is 97.4 cm³/mol. The number of nitrogens with zero attached hydrogens (tertiary/aromatic N) is 1. The first-order chi connectivity index (χ1) is 11.9. The third kappa shape index (κ3) is 3.62. The summed E-state index contributed by atoms with van der Waals surface area (Å²) < 4.78 is 13.6. The van der Waals surface area contributed by atoms with Crippen LogP contribution >= 0.6 is 15.9 Å². The fraction of sp³-hybridized carbons (Fsp3) is 0.667. The van der Waals surface area contributed by atoms with Gasteiger partial charge in [-0.15, -0.1) is 0 Å². The molecular formula is C18H25BrN2O4. The lowest BCUT2D eigenvalue weighted by molar-refractivity contribution is -0.126. The fourth-order valence-electron chi connectivity index (χ4n) is 4.19. The highest BCUT2D eigenvalue weighted by Gasteiger charge is 2.61. The quantitative estimate of drug-likeness (QED) is 0.775. The van der Waals surface area contributed by atoms with Gasteiger partial charge < -0.3 is 19.8 Å². The van der Waals surface area contributed by atoms with E-state index >= 15 is 0 Å². The van der Waals surface area contributed by atoms with Crippen LogP contribution in [0.15, 0.2) is 21.5 Å². The van der Waals surface area contributed by atoms with Gasteiger partial charge in [-0.2, -0.15) is 0 Å². The Morgan fingerprint density at radius 2 is 2.08 bits per heavy atom. The maximum absolute atomic E-state index is 11.8. The zero-order valence-electron chi connectivity index (χ0n) is 14.7.